The van der Waals surface area contributed by atoms with Crippen molar-refractivity contribution in [3.05, 3.63) is 64.0 Å². The van der Waals surface area contributed by atoms with Gasteiger partial charge in [0.2, 0.25) is 12.4 Å². The van der Waals surface area contributed by atoms with Crippen LogP contribution >= 0.6 is 11.6 Å². The SMILES string of the molecule is CC(=O)OCC1OC(Oc2cc3oc(=O)cc(-c4ccccc4)c3cc2Cl)C(OC(C)=O)C(OC(C)=O)C1OC(C)=O. The Morgan fingerprint density at radius 2 is 1.43 bits per heavy atom. The summed E-state index contributed by atoms with van der Waals surface area (Å²) in [7, 11) is 0. The first kappa shape index (κ1) is 30.5. The topological polar surface area (TPSA) is 154 Å². The van der Waals surface area contributed by atoms with E-state index < -0.39 is 66.8 Å². The molecule has 13 heteroatoms. The number of halogens is 1. The van der Waals surface area contributed by atoms with Crippen molar-refractivity contribution in [2.75, 3.05) is 6.61 Å². The minimum absolute atomic E-state index is 0.0431. The second kappa shape index (κ2) is 13.0. The summed E-state index contributed by atoms with van der Waals surface area (Å²) >= 11 is 6.60. The molecule has 12 nitrogen and oxygen atoms in total. The van der Waals surface area contributed by atoms with Gasteiger partial charge in [-0.3, -0.25) is 19.2 Å². The first-order valence-electron chi connectivity index (χ1n) is 12.7. The lowest BCUT2D eigenvalue weighted by Crippen LogP contribution is -2.63. The predicted octanol–water partition coefficient (Wildman–Crippen LogP) is 3.58. The first-order valence-corrected chi connectivity index (χ1v) is 13.1. The Kier molecular flexibility index (Phi) is 9.48. The van der Waals surface area contributed by atoms with Crippen molar-refractivity contribution in [1.29, 1.82) is 0 Å². The molecule has 2 aromatic carbocycles. The molecular formula is C29H27ClO12. The Labute approximate surface area is 244 Å². The molecule has 42 heavy (non-hydrogen) atoms. The fourth-order valence-corrected chi connectivity index (χ4v) is 4.73. The van der Waals surface area contributed by atoms with Crippen LogP contribution in [0.2, 0.25) is 5.02 Å². The fourth-order valence-electron chi connectivity index (χ4n) is 4.52. The zero-order valence-corrected chi connectivity index (χ0v) is 23.7. The van der Waals surface area contributed by atoms with Gasteiger partial charge < -0.3 is 32.8 Å². The number of hydrogen-bond acceptors (Lipinski definition) is 12. The summed E-state index contributed by atoms with van der Waals surface area (Å²) in [6.07, 6.45) is -7.01. The average Bonchev–Trinajstić information content (AvgIpc) is 2.91. The largest absolute Gasteiger partial charge is 0.463 e. The van der Waals surface area contributed by atoms with Gasteiger partial charge in [0.05, 0.1) is 5.02 Å². The number of esters is 4. The second-order valence-electron chi connectivity index (χ2n) is 9.31. The van der Waals surface area contributed by atoms with E-state index in [-0.39, 0.29) is 16.4 Å². The van der Waals surface area contributed by atoms with E-state index in [1.54, 1.807) is 0 Å². The molecule has 0 radical (unpaired) electrons. The summed E-state index contributed by atoms with van der Waals surface area (Å²) in [4.78, 5) is 60.1. The summed E-state index contributed by atoms with van der Waals surface area (Å²) in [6.45, 7) is 4.06. The van der Waals surface area contributed by atoms with Crippen molar-refractivity contribution in [2.24, 2.45) is 0 Å². The number of ether oxygens (including phenoxy) is 6. The van der Waals surface area contributed by atoms with Crippen LogP contribution in [0.25, 0.3) is 22.1 Å². The van der Waals surface area contributed by atoms with Crippen LogP contribution in [0, 0.1) is 0 Å². The van der Waals surface area contributed by atoms with E-state index in [9.17, 15) is 24.0 Å². The zero-order chi connectivity index (χ0) is 30.6. The van der Waals surface area contributed by atoms with Crippen LogP contribution in [0.5, 0.6) is 5.75 Å². The lowest BCUT2D eigenvalue weighted by atomic mass is 9.98. The summed E-state index contributed by atoms with van der Waals surface area (Å²) in [5.41, 5.74) is 0.829. The third-order valence-electron chi connectivity index (χ3n) is 6.07. The molecule has 0 spiro atoms. The Morgan fingerprint density at radius 3 is 2.05 bits per heavy atom. The van der Waals surface area contributed by atoms with Crippen molar-refractivity contribution in [1.82, 2.24) is 0 Å². The summed E-state index contributed by atoms with van der Waals surface area (Å²) in [5, 5.41) is 0.584. The predicted molar refractivity (Wildman–Crippen MR) is 146 cm³/mol. The Balaban J connectivity index is 1.78. The molecule has 2 heterocycles. The second-order valence-corrected chi connectivity index (χ2v) is 9.72. The van der Waals surface area contributed by atoms with E-state index in [2.05, 4.69) is 0 Å². The third-order valence-corrected chi connectivity index (χ3v) is 6.37. The van der Waals surface area contributed by atoms with Crippen molar-refractivity contribution in [2.45, 2.75) is 58.4 Å². The van der Waals surface area contributed by atoms with Crippen molar-refractivity contribution < 1.29 is 52.0 Å². The third kappa shape index (κ3) is 7.25. The quantitative estimate of drug-likeness (QED) is 0.210. The van der Waals surface area contributed by atoms with Gasteiger partial charge in [-0.05, 0) is 17.2 Å². The van der Waals surface area contributed by atoms with Gasteiger partial charge in [0.15, 0.2) is 12.2 Å². The van der Waals surface area contributed by atoms with Crippen LogP contribution in [0.15, 0.2) is 57.7 Å². The molecule has 1 fully saturated rings. The standard InChI is InChI=1S/C29H27ClO12/c1-14(31)36-13-24-26(37-15(2)32)27(38-16(3)33)28(39-17(4)34)29(42-24)41-23-12-22-20(10-21(23)30)19(11-25(35)40-22)18-8-6-5-7-9-18/h5-12,24,26-29H,13H2,1-4H3. The fraction of sp³-hybridized carbons (Fsp3) is 0.345. The normalized spacial score (nSPS) is 21.7. The van der Waals surface area contributed by atoms with E-state index in [1.807, 2.05) is 30.3 Å². The van der Waals surface area contributed by atoms with E-state index in [0.29, 0.717) is 10.9 Å². The van der Waals surface area contributed by atoms with Crippen molar-refractivity contribution in [3.8, 4) is 16.9 Å². The molecule has 1 aliphatic heterocycles. The van der Waals surface area contributed by atoms with Crippen LogP contribution in [0.3, 0.4) is 0 Å². The average molecular weight is 603 g/mol. The molecule has 0 amide bonds. The smallest absolute Gasteiger partial charge is 0.336 e. The van der Waals surface area contributed by atoms with Gasteiger partial charge in [-0.1, -0.05) is 41.9 Å². The maximum absolute atomic E-state index is 12.4. The number of fused-ring (bicyclic) bond motifs is 1. The monoisotopic (exact) mass is 602 g/mol. The molecular weight excluding hydrogens is 576 g/mol. The van der Waals surface area contributed by atoms with E-state index in [1.165, 1.54) is 18.2 Å². The van der Waals surface area contributed by atoms with Crippen LogP contribution < -0.4 is 10.4 Å². The maximum Gasteiger partial charge on any atom is 0.336 e. The molecule has 0 aliphatic carbocycles. The van der Waals surface area contributed by atoms with E-state index in [0.717, 1.165) is 33.3 Å². The molecule has 0 N–H and O–H groups in total. The summed E-state index contributed by atoms with van der Waals surface area (Å²) < 4.78 is 38.7. The Bertz CT molecular complexity index is 1550. The number of benzene rings is 2. The molecule has 222 valence electrons. The van der Waals surface area contributed by atoms with E-state index in [4.69, 9.17) is 44.4 Å². The number of rotatable bonds is 8. The highest BCUT2D eigenvalue weighted by molar-refractivity contribution is 6.33. The highest BCUT2D eigenvalue weighted by Crippen LogP contribution is 2.37. The van der Waals surface area contributed by atoms with Gasteiger partial charge in [-0.25, -0.2) is 4.79 Å². The van der Waals surface area contributed by atoms with Crippen molar-refractivity contribution in [3.63, 3.8) is 0 Å². The van der Waals surface area contributed by atoms with Gasteiger partial charge in [0, 0.05) is 45.2 Å². The number of carbonyl (C=O) groups excluding carboxylic acids is 4. The highest BCUT2D eigenvalue weighted by atomic mass is 35.5. The van der Waals surface area contributed by atoms with Gasteiger partial charge in [-0.2, -0.15) is 0 Å². The lowest BCUT2D eigenvalue weighted by molar-refractivity contribution is -0.288. The minimum atomic E-state index is -1.52. The molecule has 3 aromatic rings. The summed E-state index contributed by atoms with van der Waals surface area (Å²) in [6, 6.07) is 13.4. The minimum Gasteiger partial charge on any atom is -0.463 e. The van der Waals surface area contributed by atoms with Crippen LogP contribution in [-0.4, -0.2) is 61.2 Å². The zero-order valence-electron chi connectivity index (χ0n) is 23.0. The Morgan fingerprint density at radius 1 is 0.810 bits per heavy atom. The number of carbonyl (C=O) groups is 4. The van der Waals surface area contributed by atoms with Gasteiger partial charge in [0.25, 0.3) is 0 Å². The highest BCUT2D eigenvalue weighted by Gasteiger charge is 2.53. The molecule has 5 unspecified atom stereocenters. The maximum atomic E-state index is 12.4. The van der Waals surface area contributed by atoms with Gasteiger partial charge >= 0.3 is 29.5 Å². The number of hydrogen-bond donors (Lipinski definition) is 0. The van der Waals surface area contributed by atoms with Crippen LogP contribution in [-0.2, 0) is 42.9 Å². The molecule has 0 saturated carbocycles. The van der Waals surface area contributed by atoms with Crippen LogP contribution in [0.4, 0.5) is 0 Å². The molecule has 1 saturated heterocycles. The van der Waals surface area contributed by atoms with Crippen LogP contribution in [0.1, 0.15) is 27.7 Å². The molecule has 4 rings (SSSR count). The van der Waals surface area contributed by atoms with E-state index >= 15 is 0 Å². The summed E-state index contributed by atoms with van der Waals surface area (Å²) in [5.74, 6) is -3.06. The lowest BCUT2D eigenvalue weighted by Gasteiger charge is -2.43. The molecule has 1 aliphatic rings. The molecule has 0 bridgehead atoms. The Hall–Kier alpha value is -4.42. The first-order chi connectivity index (χ1) is 19.9. The molecule has 5 atom stereocenters. The van der Waals surface area contributed by atoms with Gasteiger partial charge in [-0.15, -0.1) is 0 Å². The molecule has 1 aromatic heterocycles. The van der Waals surface area contributed by atoms with Crippen molar-refractivity contribution >= 4 is 46.4 Å². The van der Waals surface area contributed by atoms with Gasteiger partial charge in [0.1, 0.15) is 24.0 Å².